The van der Waals surface area contributed by atoms with E-state index in [0.717, 1.165) is 39.3 Å². The van der Waals surface area contributed by atoms with Gasteiger partial charge in [0.2, 0.25) is 0 Å². The molecule has 24 heavy (non-hydrogen) atoms. The molecule has 124 valence electrons. The number of methoxy groups -OCH3 is 1. The van der Waals surface area contributed by atoms with Crippen LogP contribution in [0.2, 0.25) is 0 Å². The summed E-state index contributed by atoms with van der Waals surface area (Å²) in [6.07, 6.45) is 0. The van der Waals surface area contributed by atoms with Crippen molar-refractivity contribution in [1.29, 1.82) is 0 Å². The minimum atomic E-state index is 0.0513. The van der Waals surface area contributed by atoms with Crippen molar-refractivity contribution < 1.29 is 14.3 Å². The zero-order valence-electron chi connectivity index (χ0n) is 14.4. The maximum atomic E-state index is 12.2. The first-order valence-corrected chi connectivity index (χ1v) is 8.00. The molecule has 0 amide bonds. The van der Waals surface area contributed by atoms with E-state index in [1.165, 1.54) is 0 Å². The summed E-state index contributed by atoms with van der Waals surface area (Å²) in [6, 6.07) is 13.7. The monoisotopic (exact) mass is 323 g/mol. The van der Waals surface area contributed by atoms with Gasteiger partial charge in [-0.25, -0.2) is 0 Å². The highest BCUT2D eigenvalue weighted by atomic mass is 16.5. The van der Waals surface area contributed by atoms with E-state index in [1.807, 2.05) is 56.3 Å². The van der Waals surface area contributed by atoms with Crippen LogP contribution >= 0.6 is 0 Å². The largest absolute Gasteiger partial charge is 0.497 e. The zero-order valence-corrected chi connectivity index (χ0v) is 14.4. The van der Waals surface area contributed by atoms with E-state index in [1.54, 1.807) is 14.0 Å². The fraction of sp³-hybridized carbons (Fsp3) is 0.250. The first kappa shape index (κ1) is 16.1. The van der Waals surface area contributed by atoms with Gasteiger partial charge in [-0.1, -0.05) is 0 Å². The maximum absolute atomic E-state index is 12.2. The van der Waals surface area contributed by atoms with Gasteiger partial charge in [0, 0.05) is 22.3 Å². The number of carbonyl (C=O) groups is 1. The molecule has 0 atom stereocenters. The number of nitrogens with zero attached hydrogens (tertiary/aromatic N) is 1. The predicted molar refractivity (Wildman–Crippen MR) is 95.7 cm³/mol. The van der Waals surface area contributed by atoms with Gasteiger partial charge in [0.15, 0.2) is 5.78 Å². The van der Waals surface area contributed by atoms with E-state index in [2.05, 4.69) is 4.57 Å². The number of ether oxygens (including phenoxy) is 2. The SMILES string of the molecule is CCOc1ccc(-n2c(C)c(C(C)=O)c3cc(OC)ccc32)cc1. The van der Waals surface area contributed by atoms with Crippen LogP contribution in [-0.4, -0.2) is 24.1 Å². The minimum absolute atomic E-state index is 0.0513. The molecule has 1 heterocycles. The van der Waals surface area contributed by atoms with Crippen molar-refractivity contribution in [1.82, 2.24) is 4.57 Å². The fourth-order valence-electron chi connectivity index (χ4n) is 3.16. The number of fused-ring (bicyclic) bond motifs is 1. The Morgan fingerprint density at radius 3 is 2.33 bits per heavy atom. The Hall–Kier alpha value is -2.75. The molecule has 0 saturated carbocycles. The Balaban J connectivity index is 2.24. The highest BCUT2D eigenvalue weighted by molar-refractivity contribution is 6.09. The lowest BCUT2D eigenvalue weighted by Gasteiger charge is -2.10. The zero-order chi connectivity index (χ0) is 17.3. The van der Waals surface area contributed by atoms with Crippen molar-refractivity contribution in [2.75, 3.05) is 13.7 Å². The Bertz CT molecular complexity index is 891. The van der Waals surface area contributed by atoms with Crippen LogP contribution in [0.1, 0.15) is 29.9 Å². The van der Waals surface area contributed by atoms with Crippen LogP contribution in [0.15, 0.2) is 42.5 Å². The van der Waals surface area contributed by atoms with Gasteiger partial charge in [-0.3, -0.25) is 4.79 Å². The smallest absolute Gasteiger partial charge is 0.162 e. The van der Waals surface area contributed by atoms with Crippen molar-refractivity contribution in [3.05, 3.63) is 53.7 Å². The molecule has 0 aliphatic heterocycles. The first-order chi connectivity index (χ1) is 11.6. The average Bonchev–Trinajstić information content (AvgIpc) is 2.87. The lowest BCUT2D eigenvalue weighted by Crippen LogP contribution is -2.00. The maximum Gasteiger partial charge on any atom is 0.162 e. The van der Waals surface area contributed by atoms with Crippen molar-refractivity contribution in [2.45, 2.75) is 20.8 Å². The molecule has 4 nitrogen and oxygen atoms in total. The van der Waals surface area contributed by atoms with Gasteiger partial charge < -0.3 is 14.0 Å². The Labute approximate surface area is 141 Å². The second-order valence-corrected chi connectivity index (χ2v) is 5.66. The van der Waals surface area contributed by atoms with Crippen molar-refractivity contribution in [2.24, 2.45) is 0 Å². The molecule has 0 unspecified atom stereocenters. The number of carbonyl (C=O) groups excluding carboxylic acids is 1. The predicted octanol–water partition coefficient (Wildman–Crippen LogP) is 4.55. The van der Waals surface area contributed by atoms with E-state index < -0.39 is 0 Å². The molecule has 1 aromatic heterocycles. The number of aromatic nitrogens is 1. The third kappa shape index (κ3) is 2.64. The van der Waals surface area contributed by atoms with Gasteiger partial charge in [0.25, 0.3) is 0 Å². The molecule has 3 rings (SSSR count). The van der Waals surface area contributed by atoms with Crippen LogP contribution in [0, 0.1) is 6.92 Å². The number of hydrogen-bond donors (Lipinski definition) is 0. The molecule has 0 aliphatic carbocycles. The van der Waals surface area contributed by atoms with Gasteiger partial charge in [-0.15, -0.1) is 0 Å². The molecule has 3 aromatic rings. The second kappa shape index (κ2) is 6.40. The Morgan fingerprint density at radius 1 is 1.08 bits per heavy atom. The van der Waals surface area contributed by atoms with Crippen LogP contribution in [-0.2, 0) is 0 Å². The summed E-state index contributed by atoms with van der Waals surface area (Å²) in [7, 11) is 1.63. The van der Waals surface area contributed by atoms with Gasteiger partial charge in [0.1, 0.15) is 11.5 Å². The van der Waals surface area contributed by atoms with Crippen LogP contribution in [0.25, 0.3) is 16.6 Å². The highest BCUT2D eigenvalue weighted by Crippen LogP contribution is 2.32. The number of ketones is 1. The van der Waals surface area contributed by atoms with Crippen molar-refractivity contribution in [3.8, 4) is 17.2 Å². The minimum Gasteiger partial charge on any atom is -0.497 e. The van der Waals surface area contributed by atoms with Crippen LogP contribution in [0.3, 0.4) is 0 Å². The standard InChI is InChI=1S/C20H21NO3/c1-5-24-16-8-6-15(7-9-16)21-13(2)20(14(3)22)18-12-17(23-4)10-11-19(18)21/h6-12H,5H2,1-4H3. The van der Waals surface area contributed by atoms with Crippen molar-refractivity contribution >= 4 is 16.7 Å². The van der Waals surface area contributed by atoms with Crippen LogP contribution in [0.4, 0.5) is 0 Å². The summed E-state index contributed by atoms with van der Waals surface area (Å²) >= 11 is 0. The third-order valence-corrected chi connectivity index (χ3v) is 4.17. The normalized spacial score (nSPS) is 10.8. The number of Topliss-reactive ketones (excluding diaryl/α,β-unsaturated/α-hetero) is 1. The van der Waals surface area contributed by atoms with E-state index in [9.17, 15) is 4.79 Å². The number of hydrogen-bond acceptors (Lipinski definition) is 3. The third-order valence-electron chi connectivity index (χ3n) is 4.17. The summed E-state index contributed by atoms with van der Waals surface area (Å²) in [5, 5.41) is 0.910. The van der Waals surface area contributed by atoms with Gasteiger partial charge in [-0.05, 0) is 63.2 Å². The summed E-state index contributed by atoms with van der Waals surface area (Å²) in [4.78, 5) is 12.2. The lowest BCUT2D eigenvalue weighted by molar-refractivity contribution is 0.101. The summed E-state index contributed by atoms with van der Waals surface area (Å²) < 4.78 is 12.9. The van der Waals surface area contributed by atoms with Crippen LogP contribution in [0.5, 0.6) is 11.5 Å². The van der Waals surface area contributed by atoms with Crippen LogP contribution < -0.4 is 9.47 Å². The van der Waals surface area contributed by atoms with Gasteiger partial charge in [-0.2, -0.15) is 0 Å². The topological polar surface area (TPSA) is 40.5 Å². The number of benzene rings is 2. The van der Waals surface area contributed by atoms with E-state index in [4.69, 9.17) is 9.47 Å². The molecule has 0 bridgehead atoms. The van der Waals surface area contributed by atoms with Gasteiger partial charge in [0.05, 0.1) is 19.2 Å². The van der Waals surface area contributed by atoms with Gasteiger partial charge >= 0.3 is 0 Å². The van der Waals surface area contributed by atoms with E-state index in [0.29, 0.717) is 6.61 Å². The highest BCUT2D eigenvalue weighted by Gasteiger charge is 2.18. The van der Waals surface area contributed by atoms with E-state index >= 15 is 0 Å². The molecule has 0 radical (unpaired) electrons. The Kier molecular flexibility index (Phi) is 4.30. The second-order valence-electron chi connectivity index (χ2n) is 5.66. The average molecular weight is 323 g/mol. The first-order valence-electron chi connectivity index (χ1n) is 8.00. The molecule has 0 saturated heterocycles. The molecule has 0 spiro atoms. The summed E-state index contributed by atoms with van der Waals surface area (Å²) in [5.74, 6) is 1.63. The summed E-state index contributed by atoms with van der Waals surface area (Å²) in [5.41, 5.74) is 3.65. The summed E-state index contributed by atoms with van der Waals surface area (Å²) in [6.45, 7) is 6.17. The molecule has 0 N–H and O–H groups in total. The molecule has 0 aliphatic rings. The number of rotatable bonds is 5. The van der Waals surface area contributed by atoms with E-state index in [-0.39, 0.29) is 5.78 Å². The molecular weight excluding hydrogens is 302 g/mol. The molecule has 2 aromatic carbocycles. The lowest BCUT2D eigenvalue weighted by atomic mass is 10.1. The fourth-order valence-corrected chi connectivity index (χ4v) is 3.16. The van der Waals surface area contributed by atoms with Crippen molar-refractivity contribution in [3.63, 3.8) is 0 Å². The molecule has 0 fully saturated rings. The molecular formula is C20H21NO3. The quantitative estimate of drug-likeness (QED) is 0.647. The Morgan fingerprint density at radius 2 is 1.75 bits per heavy atom. The molecule has 4 heteroatoms.